The zero-order valence-corrected chi connectivity index (χ0v) is 11.8. The molecule has 2 aromatic carbocycles. The van der Waals surface area contributed by atoms with Crippen LogP contribution in [0.4, 0.5) is 5.69 Å². The average Bonchev–Trinajstić information content (AvgIpc) is 2.39. The standard InChI is InChI=1S/C15H16BrNO/c1-11-4-2-3-5-14(11)17-15(10-18)12-6-8-13(16)9-7-12/h2-9,15,17-18H,10H2,1H3. The second-order valence-corrected chi connectivity index (χ2v) is 5.16. The summed E-state index contributed by atoms with van der Waals surface area (Å²) in [6.45, 7) is 2.12. The molecule has 0 bridgehead atoms. The molecule has 2 aromatic rings. The van der Waals surface area contributed by atoms with Gasteiger partial charge in [0.25, 0.3) is 0 Å². The first-order valence-electron chi connectivity index (χ1n) is 5.89. The molecule has 3 heteroatoms. The van der Waals surface area contributed by atoms with Gasteiger partial charge in [-0.1, -0.05) is 46.3 Å². The number of aryl methyl sites for hydroxylation is 1. The smallest absolute Gasteiger partial charge is 0.0745 e. The number of halogens is 1. The van der Waals surface area contributed by atoms with Gasteiger partial charge in [-0.05, 0) is 36.2 Å². The Bertz CT molecular complexity index is 510. The molecule has 2 N–H and O–H groups in total. The van der Waals surface area contributed by atoms with E-state index in [2.05, 4.69) is 34.2 Å². The molecule has 0 radical (unpaired) electrons. The molecule has 0 aliphatic rings. The molecule has 0 saturated carbocycles. The highest BCUT2D eigenvalue weighted by Crippen LogP contribution is 2.23. The van der Waals surface area contributed by atoms with Crippen LogP contribution in [0.5, 0.6) is 0 Å². The second kappa shape index (κ2) is 6.03. The van der Waals surface area contributed by atoms with Gasteiger partial charge in [0.05, 0.1) is 12.6 Å². The largest absolute Gasteiger partial charge is 0.394 e. The molecule has 1 unspecified atom stereocenters. The molecule has 0 aliphatic carbocycles. The third-order valence-corrected chi connectivity index (χ3v) is 3.46. The summed E-state index contributed by atoms with van der Waals surface area (Å²) in [5.41, 5.74) is 3.30. The van der Waals surface area contributed by atoms with Gasteiger partial charge in [-0.15, -0.1) is 0 Å². The van der Waals surface area contributed by atoms with Crippen LogP contribution in [0.15, 0.2) is 53.0 Å². The number of rotatable bonds is 4. The third kappa shape index (κ3) is 3.12. The lowest BCUT2D eigenvalue weighted by Crippen LogP contribution is -2.15. The molecule has 0 aliphatic heterocycles. The highest BCUT2D eigenvalue weighted by atomic mass is 79.9. The van der Waals surface area contributed by atoms with E-state index in [1.807, 2.05) is 42.5 Å². The number of nitrogens with one attached hydrogen (secondary N) is 1. The van der Waals surface area contributed by atoms with Crippen LogP contribution in [-0.4, -0.2) is 11.7 Å². The van der Waals surface area contributed by atoms with Gasteiger partial charge in [-0.3, -0.25) is 0 Å². The van der Waals surface area contributed by atoms with Gasteiger partial charge in [0, 0.05) is 10.2 Å². The SMILES string of the molecule is Cc1ccccc1NC(CO)c1ccc(Br)cc1. The summed E-state index contributed by atoms with van der Waals surface area (Å²) in [5, 5.41) is 12.9. The van der Waals surface area contributed by atoms with Crippen LogP contribution in [0.3, 0.4) is 0 Å². The lowest BCUT2D eigenvalue weighted by atomic mass is 10.1. The molecule has 18 heavy (non-hydrogen) atoms. The van der Waals surface area contributed by atoms with Crippen molar-refractivity contribution in [1.29, 1.82) is 0 Å². The van der Waals surface area contributed by atoms with Gasteiger partial charge in [0.1, 0.15) is 0 Å². The molecule has 2 rings (SSSR count). The summed E-state index contributed by atoms with van der Waals surface area (Å²) in [4.78, 5) is 0. The Morgan fingerprint density at radius 3 is 2.39 bits per heavy atom. The van der Waals surface area contributed by atoms with Crippen LogP contribution >= 0.6 is 15.9 Å². The van der Waals surface area contributed by atoms with Crippen molar-refractivity contribution < 1.29 is 5.11 Å². The molecule has 0 saturated heterocycles. The predicted octanol–water partition coefficient (Wildman–Crippen LogP) is 3.90. The molecule has 0 aromatic heterocycles. The Balaban J connectivity index is 2.20. The zero-order valence-electron chi connectivity index (χ0n) is 10.2. The molecule has 0 spiro atoms. The summed E-state index contributed by atoms with van der Waals surface area (Å²) in [5.74, 6) is 0. The van der Waals surface area contributed by atoms with E-state index in [-0.39, 0.29) is 12.6 Å². The lowest BCUT2D eigenvalue weighted by Gasteiger charge is -2.19. The Morgan fingerprint density at radius 1 is 1.11 bits per heavy atom. The Kier molecular flexibility index (Phi) is 4.39. The van der Waals surface area contributed by atoms with Gasteiger partial charge >= 0.3 is 0 Å². The zero-order chi connectivity index (χ0) is 13.0. The minimum absolute atomic E-state index is 0.0654. The van der Waals surface area contributed by atoms with E-state index in [4.69, 9.17) is 0 Å². The number of hydrogen-bond acceptors (Lipinski definition) is 2. The first-order chi connectivity index (χ1) is 8.70. The molecule has 0 fully saturated rings. The lowest BCUT2D eigenvalue weighted by molar-refractivity contribution is 0.276. The predicted molar refractivity (Wildman–Crippen MR) is 78.8 cm³/mol. The van der Waals surface area contributed by atoms with Crippen LogP contribution < -0.4 is 5.32 Å². The number of hydrogen-bond donors (Lipinski definition) is 2. The summed E-state index contributed by atoms with van der Waals surface area (Å²) in [7, 11) is 0. The van der Waals surface area contributed by atoms with E-state index >= 15 is 0 Å². The summed E-state index contributed by atoms with van der Waals surface area (Å²) in [6.07, 6.45) is 0. The van der Waals surface area contributed by atoms with E-state index in [0.29, 0.717) is 0 Å². The van der Waals surface area contributed by atoms with E-state index in [0.717, 1.165) is 15.7 Å². The maximum Gasteiger partial charge on any atom is 0.0745 e. The topological polar surface area (TPSA) is 32.3 Å². The summed E-state index contributed by atoms with van der Waals surface area (Å²) in [6, 6.07) is 16.0. The second-order valence-electron chi connectivity index (χ2n) is 4.25. The minimum atomic E-state index is -0.0841. The summed E-state index contributed by atoms with van der Waals surface area (Å²) >= 11 is 3.41. The fourth-order valence-corrected chi connectivity index (χ4v) is 2.12. The monoisotopic (exact) mass is 305 g/mol. The third-order valence-electron chi connectivity index (χ3n) is 2.93. The van der Waals surface area contributed by atoms with E-state index in [1.165, 1.54) is 5.56 Å². The minimum Gasteiger partial charge on any atom is -0.394 e. The van der Waals surface area contributed by atoms with Gasteiger partial charge < -0.3 is 10.4 Å². The van der Waals surface area contributed by atoms with E-state index in [1.54, 1.807) is 0 Å². The Hall–Kier alpha value is -1.32. The quantitative estimate of drug-likeness (QED) is 0.898. The van der Waals surface area contributed by atoms with Crippen molar-refractivity contribution in [2.75, 3.05) is 11.9 Å². The molecule has 0 heterocycles. The van der Waals surface area contributed by atoms with Gasteiger partial charge in [0.15, 0.2) is 0 Å². The highest BCUT2D eigenvalue weighted by molar-refractivity contribution is 9.10. The van der Waals surface area contributed by atoms with Gasteiger partial charge in [-0.25, -0.2) is 0 Å². The maximum atomic E-state index is 9.53. The number of benzene rings is 2. The average molecular weight is 306 g/mol. The van der Waals surface area contributed by atoms with Crippen LogP contribution in [-0.2, 0) is 0 Å². The van der Waals surface area contributed by atoms with Crippen LogP contribution in [0.25, 0.3) is 0 Å². The van der Waals surface area contributed by atoms with Crippen molar-refractivity contribution in [3.63, 3.8) is 0 Å². The molecule has 2 nitrogen and oxygen atoms in total. The van der Waals surface area contributed by atoms with E-state index < -0.39 is 0 Å². The number of para-hydroxylation sites is 1. The molecular weight excluding hydrogens is 290 g/mol. The van der Waals surface area contributed by atoms with Crippen LogP contribution in [0, 0.1) is 6.92 Å². The number of aliphatic hydroxyl groups is 1. The van der Waals surface area contributed by atoms with Crippen LogP contribution in [0.1, 0.15) is 17.2 Å². The molecule has 94 valence electrons. The van der Waals surface area contributed by atoms with Crippen molar-refractivity contribution >= 4 is 21.6 Å². The Labute approximate surface area is 116 Å². The summed E-state index contributed by atoms with van der Waals surface area (Å²) < 4.78 is 1.04. The van der Waals surface area contributed by atoms with Crippen molar-refractivity contribution in [1.82, 2.24) is 0 Å². The normalized spacial score (nSPS) is 12.2. The van der Waals surface area contributed by atoms with Crippen molar-refractivity contribution in [3.05, 3.63) is 64.1 Å². The maximum absolute atomic E-state index is 9.53. The van der Waals surface area contributed by atoms with Gasteiger partial charge in [-0.2, -0.15) is 0 Å². The van der Waals surface area contributed by atoms with Crippen molar-refractivity contribution in [2.24, 2.45) is 0 Å². The van der Waals surface area contributed by atoms with Crippen molar-refractivity contribution in [2.45, 2.75) is 13.0 Å². The first kappa shape index (κ1) is 13.1. The van der Waals surface area contributed by atoms with Gasteiger partial charge in [0.2, 0.25) is 0 Å². The highest BCUT2D eigenvalue weighted by Gasteiger charge is 2.10. The number of anilines is 1. The fourth-order valence-electron chi connectivity index (χ4n) is 1.85. The van der Waals surface area contributed by atoms with Crippen molar-refractivity contribution in [3.8, 4) is 0 Å². The molecular formula is C15H16BrNO. The molecule has 1 atom stereocenters. The molecule has 0 amide bonds. The van der Waals surface area contributed by atoms with E-state index in [9.17, 15) is 5.11 Å². The Morgan fingerprint density at radius 2 is 1.78 bits per heavy atom. The fraction of sp³-hybridized carbons (Fsp3) is 0.200. The first-order valence-corrected chi connectivity index (χ1v) is 6.68. The number of aliphatic hydroxyl groups excluding tert-OH is 1. The van der Waals surface area contributed by atoms with Crippen LogP contribution in [0.2, 0.25) is 0 Å².